The lowest BCUT2D eigenvalue weighted by Crippen LogP contribution is -1.99. The SMILES string of the molecule is C.CCCCCC(CCCC)c1ccccc1. The van der Waals surface area contributed by atoms with Gasteiger partial charge in [-0.15, -0.1) is 0 Å². The number of hydrogen-bond acceptors (Lipinski definition) is 0. The van der Waals surface area contributed by atoms with Crippen LogP contribution in [0.5, 0.6) is 0 Å². The van der Waals surface area contributed by atoms with Gasteiger partial charge in [-0.2, -0.15) is 0 Å². The van der Waals surface area contributed by atoms with Crippen LogP contribution in [0, 0.1) is 0 Å². The number of rotatable bonds is 8. The van der Waals surface area contributed by atoms with Crippen LogP contribution in [0.1, 0.15) is 77.7 Å². The second kappa shape index (κ2) is 10.4. The third kappa shape index (κ3) is 6.51. The molecule has 0 fully saturated rings. The Morgan fingerprint density at radius 3 is 2.00 bits per heavy atom. The highest BCUT2D eigenvalue weighted by Gasteiger charge is 2.09. The molecular formula is C17H30. The maximum absolute atomic E-state index is 2.30. The van der Waals surface area contributed by atoms with E-state index in [1.165, 1.54) is 44.9 Å². The fourth-order valence-electron chi connectivity index (χ4n) is 2.29. The van der Waals surface area contributed by atoms with Crippen molar-refractivity contribution in [1.82, 2.24) is 0 Å². The summed E-state index contributed by atoms with van der Waals surface area (Å²) in [6, 6.07) is 11.1. The summed E-state index contributed by atoms with van der Waals surface area (Å²) in [7, 11) is 0. The first-order chi connectivity index (χ1) is 7.88. The zero-order valence-electron chi connectivity index (χ0n) is 10.9. The van der Waals surface area contributed by atoms with Crippen LogP contribution in [0.25, 0.3) is 0 Å². The van der Waals surface area contributed by atoms with Gasteiger partial charge in [-0.3, -0.25) is 0 Å². The molecule has 1 rings (SSSR count). The molecule has 0 bridgehead atoms. The number of benzene rings is 1. The van der Waals surface area contributed by atoms with Crippen LogP contribution in [0.2, 0.25) is 0 Å². The molecule has 0 N–H and O–H groups in total. The van der Waals surface area contributed by atoms with Crippen molar-refractivity contribution in [2.24, 2.45) is 0 Å². The van der Waals surface area contributed by atoms with E-state index in [9.17, 15) is 0 Å². The highest BCUT2D eigenvalue weighted by atomic mass is 14.1. The lowest BCUT2D eigenvalue weighted by molar-refractivity contribution is 0.515. The fraction of sp³-hybridized carbons (Fsp3) is 0.647. The van der Waals surface area contributed by atoms with E-state index >= 15 is 0 Å². The Kier molecular flexibility index (Phi) is 9.90. The van der Waals surface area contributed by atoms with Gasteiger partial charge in [-0.1, -0.05) is 83.7 Å². The topological polar surface area (TPSA) is 0 Å². The van der Waals surface area contributed by atoms with Gasteiger partial charge in [0.25, 0.3) is 0 Å². The molecule has 0 aromatic heterocycles. The molecule has 0 amide bonds. The molecule has 0 aliphatic heterocycles. The van der Waals surface area contributed by atoms with E-state index in [2.05, 4.69) is 44.2 Å². The average Bonchev–Trinajstić information content (AvgIpc) is 2.35. The molecule has 0 aliphatic carbocycles. The monoisotopic (exact) mass is 234 g/mol. The number of hydrogen-bond donors (Lipinski definition) is 0. The molecule has 98 valence electrons. The Balaban J connectivity index is 0.00000256. The predicted octanol–water partition coefficient (Wildman–Crippen LogP) is 6.18. The van der Waals surface area contributed by atoms with Gasteiger partial charge < -0.3 is 0 Å². The van der Waals surface area contributed by atoms with Crippen LogP contribution < -0.4 is 0 Å². The largest absolute Gasteiger partial charge is 0.0776 e. The minimum Gasteiger partial charge on any atom is -0.0776 e. The van der Waals surface area contributed by atoms with E-state index in [-0.39, 0.29) is 7.43 Å². The fourth-order valence-corrected chi connectivity index (χ4v) is 2.29. The molecule has 17 heavy (non-hydrogen) atoms. The summed E-state index contributed by atoms with van der Waals surface area (Å²) in [4.78, 5) is 0. The molecule has 0 aliphatic rings. The van der Waals surface area contributed by atoms with Gasteiger partial charge in [0.1, 0.15) is 0 Å². The van der Waals surface area contributed by atoms with Gasteiger partial charge in [0.2, 0.25) is 0 Å². The van der Waals surface area contributed by atoms with Crippen LogP contribution in [0.15, 0.2) is 30.3 Å². The summed E-state index contributed by atoms with van der Waals surface area (Å²) in [5.74, 6) is 0.799. The molecule has 1 aromatic rings. The van der Waals surface area contributed by atoms with Crippen molar-refractivity contribution < 1.29 is 0 Å². The molecule has 1 atom stereocenters. The van der Waals surface area contributed by atoms with Gasteiger partial charge >= 0.3 is 0 Å². The Morgan fingerprint density at radius 1 is 0.824 bits per heavy atom. The molecule has 0 spiro atoms. The van der Waals surface area contributed by atoms with Crippen molar-refractivity contribution in [2.45, 2.75) is 72.1 Å². The molecule has 1 aromatic carbocycles. The van der Waals surface area contributed by atoms with Crippen LogP contribution in [-0.2, 0) is 0 Å². The summed E-state index contributed by atoms with van der Waals surface area (Å²) < 4.78 is 0. The van der Waals surface area contributed by atoms with Crippen molar-refractivity contribution in [3.63, 3.8) is 0 Å². The van der Waals surface area contributed by atoms with Crippen molar-refractivity contribution in [2.75, 3.05) is 0 Å². The third-order valence-electron chi connectivity index (χ3n) is 3.33. The third-order valence-corrected chi connectivity index (χ3v) is 3.33. The summed E-state index contributed by atoms with van der Waals surface area (Å²) in [6.07, 6.45) is 9.52. The van der Waals surface area contributed by atoms with E-state index in [0.29, 0.717) is 0 Å². The Morgan fingerprint density at radius 2 is 1.41 bits per heavy atom. The second-order valence-electron chi connectivity index (χ2n) is 4.75. The first-order valence-corrected chi connectivity index (χ1v) is 6.93. The van der Waals surface area contributed by atoms with Crippen molar-refractivity contribution >= 4 is 0 Å². The van der Waals surface area contributed by atoms with Crippen LogP contribution in [0.3, 0.4) is 0 Å². The second-order valence-corrected chi connectivity index (χ2v) is 4.75. The minimum absolute atomic E-state index is 0. The van der Waals surface area contributed by atoms with E-state index in [4.69, 9.17) is 0 Å². The summed E-state index contributed by atoms with van der Waals surface area (Å²) >= 11 is 0. The highest BCUT2D eigenvalue weighted by Crippen LogP contribution is 2.27. The van der Waals surface area contributed by atoms with E-state index in [1.807, 2.05) is 0 Å². The molecule has 0 saturated carbocycles. The molecule has 1 unspecified atom stereocenters. The van der Waals surface area contributed by atoms with Gasteiger partial charge in [0.15, 0.2) is 0 Å². The zero-order valence-corrected chi connectivity index (χ0v) is 10.9. The molecule has 0 radical (unpaired) electrons. The van der Waals surface area contributed by atoms with Crippen LogP contribution in [-0.4, -0.2) is 0 Å². The minimum atomic E-state index is 0. The quantitative estimate of drug-likeness (QED) is 0.471. The van der Waals surface area contributed by atoms with Gasteiger partial charge in [0, 0.05) is 0 Å². The normalized spacial score (nSPS) is 11.9. The van der Waals surface area contributed by atoms with E-state index in [1.54, 1.807) is 5.56 Å². The molecule has 0 heteroatoms. The molecule has 0 saturated heterocycles. The first-order valence-electron chi connectivity index (χ1n) is 6.93. The standard InChI is InChI=1S/C16H26.CH4/c1-3-5-8-12-15(11-6-4-2)16-13-9-7-10-14-16;/h7,9-10,13-15H,3-6,8,11-12H2,1-2H3;1H4. The Hall–Kier alpha value is -0.780. The Bertz CT molecular complexity index is 250. The van der Waals surface area contributed by atoms with Gasteiger partial charge in [-0.05, 0) is 24.3 Å². The average molecular weight is 234 g/mol. The highest BCUT2D eigenvalue weighted by molar-refractivity contribution is 5.19. The molecule has 0 nitrogen and oxygen atoms in total. The maximum Gasteiger partial charge on any atom is -0.0162 e. The summed E-state index contributed by atoms with van der Waals surface area (Å²) in [5.41, 5.74) is 1.55. The van der Waals surface area contributed by atoms with Crippen molar-refractivity contribution in [1.29, 1.82) is 0 Å². The zero-order chi connectivity index (χ0) is 11.6. The van der Waals surface area contributed by atoms with Crippen LogP contribution >= 0.6 is 0 Å². The van der Waals surface area contributed by atoms with E-state index in [0.717, 1.165) is 5.92 Å². The number of unbranched alkanes of at least 4 members (excludes halogenated alkanes) is 3. The van der Waals surface area contributed by atoms with Crippen LogP contribution in [0.4, 0.5) is 0 Å². The van der Waals surface area contributed by atoms with Gasteiger partial charge in [-0.25, -0.2) is 0 Å². The lowest BCUT2D eigenvalue weighted by Gasteiger charge is -2.16. The first kappa shape index (κ1) is 16.2. The Labute approximate surface area is 108 Å². The van der Waals surface area contributed by atoms with Gasteiger partial charge in [0.05, 0.1) is 0 Å². The van der Waals surface area contributed by atoms with Crippen molar-refractivity contribution in [3.05, 3.63) is 35.9 Å². The molecular weight excluding hydrogens is 204 g/mol. The summed E-state index contributed by atoms with van der Waals surface area (Å²) in [5, 5.41) is 0. The van der Waals surface area contributed by atoms with E-state index < -0.39 is 0 Å². The summed E-state index contributed by atoms with van der Waals surface area (Å²) in [6.45, 7) is 4.57. The predicted molar refractivity (Wildman–Crippen MR) is 79.6 cm³/mol. The smallest absolute Gasteiger partial charge is 0.0162 e. The van der Waals surface area contributed by atoms with Crippen molar-refractivity contribution in [3.8, 4) is 0 Å². The maximum atomic E-state index is 2.30. The lowest BCUT2D eigenvalue weighted by atomic mass is 9.89. The molecule has 0 heterocycles.